The van der Waals surface area contributed by atoms with Gasteiger partial charge in [0, 0.05) is 17.4 Å². The van der Waals surface area contributed by atoms with Crippen molar-refractivity contribution in [2.75, 3.05) is 12.0 Å². The van der Waals surface area contributed by atoms with Crippen LogP contribution in [0.1, 0.15) is 24.6 Å². The van der Waals surface area contributed by atoms with Gasteiger partial charge in [0.2, 0.25) is 0 Å². The van der Waals surface area contributed by atoms with Gasteiger partial charge in [-0.15, -0.1) is 0 Å². The topological polar surface area (TPSA) is 73.3 Å². The molecule has 104 valence electrons. The molecule has 0 amide bonds. The van der Waals surface area contributed by atoms with E-state index in [1.54, 1.807) is 0 Å². The van der Waals surface area contributed by atoms with Crippen molar-refractivity contribution in [3.8, 4) is 0 Å². The van der Waals surface area contributed by atoms with E-state index in [-0.39, 0.29) is 11.8 Å². The van der Waals surface area contributed by atoms with Crippen LogP contribution in [0.5, 0.6) is 0 Å². The number of hydrogen-bond acceptors (Lipinski definition) is 4. The van der Waals surface area contributed by atoms with Gasteiger partial charge in [0.15, 0.2) is 0 Å². The Kier molecular flexibility index (Phi) is 4.32. The Bertz CT molecular complexity index is 678. The zero-order valence-corrected chi connectivity index (χ0v) is 13.0. The maximum absolute atomic E-state index is 11.1. The Morgan fingerprint density at radius 3 is 2.79 bits per heavy atom. The number of rotatable bonds is 5. The molecule has 1 aromatic heterocycles. The van der Waals surface area contributed by atoms with Crippen LogP contribution in [-0.4, -0.2) is 20.4 Å². The van der Waals surface area contributed by atoms with Gasteiger partial charge in [0.05, 0.1) is 10.5 Å². The summed E-state index contributed by atoms with van der Waals surface area (Å²) in [5.41, 5.74) is 6.81. The van der Waals surface area contributed by atoms with Crippen LogP contribution < -0.4 is 5.73 Å². The zero-order valence-electron chi connectivity index (χ0n) is 10.6. The summed E-state index contributed by atoms with van der Waals surface area (Å²) in [7, 11) is -2.93. The number of sulfone groups is 1. The molecule has 0 aliphatic heterocycles. The Balaban J connectivity index is 2.09. The number of furan rings is 1. The molecule has 2 rings (SSSR count). The van der Waals surface area contributed by atoms with Gasteiger partial charge < -0.3 is 10.2 Å². The largest absolute Gasteiger partial charge is 0.458 e. The molecule has 0 bridgehead atoms. The molecule has 6 heteroatoms. The summed E-state index contributed by atoms with van der Waals surface area (Å²) >= 11 is 3.42. The van der Waals surface area contributed by atoms with E-state index in [9.17, 15) is 8.42 Å². The van der Waals surface area contributed by atoms with Gasteiger partial charge in [-0.1, -0.05) is 12.1 Å². The fourth-order valence-corrected chi connectivity index (χ4v) is 3.09. The first-order valence-electron chi connectivity index (χ1n) is 5.98. The zero-order chi connectivity index (χ0) is 14.0. The molecule has 0 aliphatic carbocycles. The lowest BCUT2D eigenvalue weighted by atomic mass is 10.1. The molecule has 1 atom stereocenters. The van der Waals surface area contributed by atoms with Gasteiger partial charge in [0.25, 0.3) is 0 Å². The van der Waals surface area contributed by atoms with Crippen LogP contribution >= 0.6 is 15.9 Å². The quantitative estimate of drug-likeness (QED) is 0.903. The van der Waals surface area contributed by atoms with Crippen LogP contribution in [-0.2, 0) is 9.84 Å². The highest BCUT2D eigenvalue weighted by molar-refractivity contribution is 9.10. The highest BCUT2D eigenvalue weighted by atomic mass is 79.9. The highest BCUT2D eigenvalue weighted by Gasteiger charge is 2.14. The van der Waals surface area contributed by atoms with Crippen molar-refractivity contribution in [2.24, 2.45) is 5.73 Å². The number of para-hydroxylation sites is 1. The van der Waals surface area contributed by atoms with Crippen molar-refractivity contribution >= 4 is 36.7 Å². The molecule has 0 aliphatic rings. The Hall–Kier alpha value is -0.850. The first-order valence-corrected chi connectivity index (χ1v) is 8.83. The maximum Gasteiger partial charge on any atom is 0.148 e. The van der Waals surface area contributed by atoms with Gasteiger partial charge in [0.1, 0.15) is 21.2 Å². The van der Waals surface area contributed by atoms with Crippen LogP contribution in [0.4, 0.5) is 0 Å². The van der Waals surface area contributed by atoms with Gasteiger partial charge in [-0.3, -0.25) is 0 Å². The summed E-state index contributed by atoms with van der Waals surface area (Å²) in [5, 5.41) is 0.989. The monoisotopic (exact) mass is 345 g/mol. The summed E-state index contributed by atoms with van der Waals surface area (Å²) < 4.78 is 28.7. The van der Waals surface area contributed by atoms with Crippen LogP contribution in [0.15, 0.2) is 33.2 Å². The summed E-state index contributed by atoms with van der Waals surface area (Å²) in [6, 6.07) is 7.42. The van der Waals surface area contributed by atoms with E-state index in [1.807, 2.05) is 24.3 Å². The minimum Gasteiger partial charge on any atom is -0.458 e. The molecule has 4 nitrogen and oxygen atoms in total. The highest BCUT2D eigenvalue weighted by Crippen LogP contribution is 2.30. The molecule has 1 aromatic carbocycles. The molecule has 0 radical (unpaired) electrons. The smallest absolute Gasteiger partial charge is 0.148 e. The third-order valence-corrected chi connectivity index (χ3v) is 4.57. The van der Waals surface area contributed by atoms with Crippen LogP contribution in [0.25, 0.3) is 11.0 Å². The molecular weight excluding hydrogens is 330 g/mol. The fourth-order valence-electron chi connectivity index (χ4n) is 1.94. The molecule has 1 heterocycles. The van der Waals surface area contributed by atoms with E-state index in [0.717, 1.165) is 15.4 Å². The molecule has 0 spiro atoms. The minimum absolute atomic E-state index is 0.157. The van der Waals surface area contributed by atoms with E-state index in [2.05, 4.69) is 15.9 Å². The first kappa shape index (κ1) is 14.6. The van der Waals surface area contributed by atoms with E-state index in [0.29, 0.717) is 18.6 Å². The second kappa shape index (κ2) is 5.64. The normalized spacial score (nSPS) is 13.8. The molecule has 0 saturated heterocycles. The van der Waals surface area contributed by atoms with Crippen LogP contribution in [0.2, 0.25) is 0 Å². The third-order valence-electron chi connectivity index (χ3n) is 2.91. The standard InChI is InChI=1S/C13H16BrNO3S/c1-19(16,17)7-3-6-11(15)12-8-9-4-2-5-10(14)13(9)18-12/h2,4-5,8,11H,3,6-7,15H2,1H3. The van der Waals surface area contributed by atoms with Crippen molar-refractivity contribution in [3.05, 3.63) is 34.5 Å². The Labute approximate surface area is 121 Å². The molecule has 1 unspecified atom stereocenters. The van der Waals surface area contributed by atoms with E-state index >= 15 is 0 Å². The van der Waals surface area contributed by atoms with Crippen LogP contribution in [0, 0.1) is 0 Å². The number of fused-ring (bicyclic) bond motifs is 1. The Morgan fingerprint density at radius 1 is 1.42 bits per heavy atom. The maximum atomic E-state index is 11.1. The molecule has 2 aromatic rings. The Morgan fingerprint density at radius 2 is 2.16 bits per heavy atom. The number of benzene rings is 1. The van der Waals surface area contributed by atoms with Crippen molar-refractivity contribution in [1.82, 2.24) is 0 Å². The average Bonchev–Trinajstić information content (AvgIpc) is 2.72. The third kappa shape index (κ3) is 3.81. The molecule has 0 fully saturated rings. The molecular formula is C13H16BrNO3S. The van der Waals surface area contributed by atoms with Gasteiger partial charge in [-0.2, -0.15) is 0 Å². The number of hydrogen-bond donors (Lipinski definition) is 1. The van der Waals surface area contributed by atoms with Gasteiger partial charge >= 0.3 is 0 Å². The lowest BCUT2D eigenvalue weighted by molar-refractivity contribution is 0.474. The number of halogens is 1. The summed E-state index contributed by atoms with van der Waals surface area (Å²) in [6.45, 7) is 0. The van der Waals surface area contributed by atoms with Crippen molar-refractivity contribution in [1.29, 1.82) is 0 Å². The lowest BCUT2D eigenvalue weighted by Crippen LogP contribution is -2.12. The van der Waals surface area contributed by atoms with Gasteiger partial charge in [-0.25, -0.2) is 8.42 Å². The summed E-state index contributed by atoms with van der Waals surface area (Å²) in [4.78, 5) is 0. The minimum atomic E-state index is -2.93. The van der Waals surface area contributed by atoms with E-state index in [4.69, 9.17) is 10.2 Å². The van der Waals surface area contributed by atoms with Crippen molar-refractivity contribution in [3.63, 3.8) is 0 Å². The average molecular weight is 346 g/mol. The predicted octanol–water partition coefficient (Wildman–Crippen LogP) is 3.02. The predicted molar refractivity (Wildman–Crippen MR) is 79.8 cm³/mol. The SMILES string of the molecule is CS(=O)(=O)CCCC(N)c1cc2cccc(Br)c2o1. The summed E-state index contributed by atoms with van der Waals surface area (Å²) in [5.74, 6) is 0.848. The summed E-state index contributed by atoms with van der Waals surface area (Å²) in [6.07, 6.45) is 2.36. The molecule has 0 saturated carbocycles. The number of nitrogens with two attached hydrogens (primary N) is 1. The van der Waals surface area contributed by atoms with E-state index in [1.165, 1.54) is 6.26 Å². The fraction of sp³-hybridized carbons (Fsp3) is 0.385. The van der Waals surface area contributed by atoms with E-state index < -0.39 is 9.84 Å². The first-order chi connectivity index (χ1) is 8.87. The van der Waals surface area contributed by atoms with Crippen LogP contribution in [0.3, 0.4) is 0 Å². The molecule has 19 heavy (non-hydrogen) atoms. The molecule has 2 N–H and O–H groups in total. The lowest BCUT2D eigenvalue weighted by Gasteiger charge is -2.07. The second-order valence-electron chi connectivity index (χ2n) is 4.69. The van der Waals surface area contributed by atoms with Crippen molar-refractivity contribution < 1.29 is 12.8 Å². The van der Waals surface area contributed by atoms with Gasteiger partial charge in [-0.05, 0) is 40.9 Å². The second-order valence-corrected chi connectivity index (χ2v) is 7.80. The van der Waals surface area contributed by atoms with Crippen molar-refractivity contribution in [2.45, 2.75) is 18.9 Å².